The minimum absolute atomic E-state index is 0.867. The largest absolute Gasteiger partial charge is 0.479 e. The van der Waals surface area contributed by atoms with Gasteiger partial charge in [-0.15, -0.1) is 0 Å². The second-order valence-electron chi connectivity index (χ2n) is 6.43. The van der Waals surface area contributed by atoms with Crippen LogP contribution in [0, 0.1) is 0 Å². The molecule has 2 aliphatic heterocycles. The molecule has 0 bridgehead atoms. The molecule has 0 aliphatic carbocycles. The first-order valence-electron chi connectivity index (χ1n) is 8.26. The van der Waals surface area contributed by atoms with Gasteiger partial charge in [-0.1, -0.05) is 0 Å². The lowest BCUT2D eigenvalue weighted by Crippen LogP contribution is -2.62. The Morgan fingerprint density at radius 2 is 1.48 bits per heavy atom. The predicted octanol–water partition coefficient (Wildman–Crippen LogP) is -4.97. The molecule has 0 saturated carbocycles. The summed E-state index contributed by atoms with van der Waals surface area (Å²) in [6.45, 7) is -1.81. The highest BCUT2D eigenvalue weighted by Gasteiger charge is 2.54. The molecule has 0 spiro atoms. The van der Waals surface area contributed by atoms with Gasteiger partial charge in [0.25, 0.3) is 0 Å². The number of aliphatic hydroxyl groups excluding tert-OH is 4. The Labute approximate surface area is 174 Å². The molecule has 2 aliphatic rings. The zero-order valence-electron chi connectivity index (χ0n) is 15.1. The third-order valence-corrected chi connectivity index (χ3v) is 5.21. The van der Waals surface area contributed by atoms with E-state index in [2.05, 4.69) is 8.37 Å². The molecule has 0 aromatic carbocycles. The van der Waals surface area contributed by atoms with Crippen molar-refractivity contribution in [3.63, 3.8) is 0 Å². The van der Waals surface area contributed by atoms with Crippen LogP contribution >= 0.6 is 0 Å². The molecule has 2 heterocycles. The summed E-state index contributed by atoms with van der Waals surface area (Å²) in [5.41, 5.74) is 0. The van der Waals surface area contributed by atoms with Crippen LogP contribution < -0.4 is 0 Å². The average Bonchev–Trinajstić information content (AvgIpc) is 2.92. The van der Waals surface area contributed by atoms with E-state index in [1.54, 1.807) is 0 Å². The van der Waals surface area contributed by atoms with Crippen LogP contribution in [0.2, 0.25) is 0 Å². The highest BCUT2D eigenvalue weighted by molar-refractivity contribution is 7.81. The van der Waals surface area contributed by atoms with Gasteiger partial charge in [0.2, 0.25) is 0 Å². The molecule has 0 aromatic rings. The number of ether oxygens (including phenoxy) is 3. The summed E-state index contributed by atoms with van der Waals surface area (Å²) in [6, 6.07) is 0. The molecule has 31 heavy (non-hydrogen) atoms. The van der Waals surface area contributed by atoms with E-state index in [-0.39, 0.29) is 0 Å². The summed E-state index contributed by atoms with van der Waals surface area (Å²) in [5, 5.41) is 48.6. The molecular weight excluding hydrogens is 480 g/mol. The van der Waals surface area contributed by atoms with Gasteiger partial charge in [-0.2, -0.15) is 16.8 Å². The van der Waals surface area contributed by atoms with Crippen LogP contribution in [-0.2, 0) is 48.2 Å². The minimum Gasteiger partial charge on any atom is -0.479 e. The maximum Gasteiger partial charge on any atom is 0.397 e. The van der Waals surface area contributed by atoms with Gasteiger partial charge in [0.15, 0.2) is 18.5 Å². The summed E-state index contributed by atoms with van der Waals surface area (Å²) in [6.07, 6.45) is -17.5. The Kier molecular flexibility index (Phi) is 8.30. The summed E-state index contributed by atoms with van der Waals surface area (Å²) in [7, 11) is -10.2. The highest BCUT2D eigenvalue weighted by Crippen LogP contribution is 2.31. The van der Waals surface area contributed by atoms with Crippen molar-refractivity contribution in [3.8, 4) is 0 Å². The lowest BCUT2D eigenvalue weighted by molar-refractivity contribution is -0.306. The quantitative estimate of drug-likeness (QED) is 0.146. The normalized spacial score (nSPS) is 39.5. The molecule has 182 valence electrons. The number of rotatable bonds is 9. The zero-order chi connectivity index (χ0) is 23.7. The van der Waals surface area contributed by atoms with E-state index in [1.807, 2.05) is 0 Å². The first-order valence-corrected chi connectivity index (χ1v) is 11.0. The molecule has 17 nitrogen and oxygen atoms in total. The van der Waals surface area contributed by atoms with Crippen molar-refractivity contribution in [2.45, 2.75) is 55.1 Å². The van der Waals surface area contributed by atoms with E-state index in [9.17, 15) is 42.1 Å². The van der Waals surface area contributed by atoms with Crippen molar-refractivity contribution in [1.29, 1.82) is 0 Å². The topological polar surface area (TPSA) is 273 Å². The number of aliphatic hydroxyl groups is 4. The maximum absolute atomic E-state index is 11.2. The summed E-state index contributed by atoms with van der Waals surface area (Å²) in [5.74, 6) is -1.80. The van der Waals surface area contributed by atoms with Crippen molar-refractivity contribution in [2.75, 3.05) is 13.2 Å². The Morgan fingerprint density at radius 3 is 1.97 bits per heavy atom. The van der Waals surface area contributed by atoms with Crippen LogP contribution in [0.1, 0.15) is 0 Å². The fourth-order valence-electron chi connectivity index (χ4n) is 2.97. The van der Waals surface area contributed by atoms with E-state index in [1.165, 1.54) is 0 Å². The predicted molar refractivity (Wildman–Crippen MR) is 88.9 cm³/mol. The highest BCUT2D eigenvalue weighted by atomic mass is 32.3. The fourth-order valence-corrected chi connectivity index (χ4v) is 3.76. The van der Waals surface area contributed by atoms with Gasteiger partial charge in [0.1, 0.15) is 36.6 Å². The van der Waals surface area contributed by atoms with Crippen LogP contribution in [0.5, 0.6) is 0 Å². The number of aliphatic carboxylic acids is 1. The third-order valence-electron chi connectivity index (χ3n) is 4.31. The lowest BCUT2D eigenvalue weighted by Gasteiger charge is -2.41. The van der Waals surface area contributed by atoms with Gasteiger partial charge >= 0.3 is 26.8 Å². The fraction of sp³-hybridized carbons (Fsp3) is 0.917. The number of hydrogen-bond donors (Lipinski definition) is 7. The van der Waals surface area contributed by atoms with E-state index < -0.39 is 95.1 Å². The number of hydrogen-bond acceptors (Lipinski definition) is 14. The summed E-state index contributed by atoms with van der Waals surface area (Å²) in [4.78, 5) is 11.2. The molecule has 0 amide bonds. The van der Waals surface area contributed by atoms with Gasteiger partial charge < -0.3 is 39.7 Å². The molecular formula is C12H20O17S2. The first kappa shape index (κ1) is 26.2. The molecule has 2 rings (SSSR count). The number of carbonyl (C=O) groups is 1. The minimum atomic E-state index is -5.29. The zero-order valence-corrected chi connectivity index (χ0v) is 16.8. The van der Waals surface area contributed by atoms with Crippen LogP contribution in [0.25, 0.3) is 0 Å². The van der Waals surface area contributed by atoms with Crippen LogP contribution in [0.3, 0.4) is 0 Å². The van der Waals surface area contributed by atoms with E-state index in [0.717, 1.165) is 0 Å². The Bertz CT molecular complexity index is 841. The van der Waals surface area contributed by atoms with Crippen LogP contribution in [-0.4, -0.2) is 126 Å². The Morgan fingerprint density at radius 1 is 0.871 bits per heavy atom. The van der Waals surface area contributed by atoms with Gasteiger partial charge in [-0.25, -0.2) is 13.2 Å². The molecule has 19 heteroatoms. The van der Waals surface area contributed by atoms with E-state index in [4.69, 9.17) is 28.4 Å². The molecule has 0 aromatic heterocycles. The summed E-state index contributed by atoms with van der Waals surface area (Å²) >= 11 is 0. The maximum atomic E-state index is 11.2. The average molecular weight is 500 g/mol. The van der Waals surface area contributed by atoms with Crippen molar-refractivity contribution in [1.82, 2.24) is 0 Å². The van der Waals surface area contributed by atoms with Gasteiger partial charge in [-0.05, 0) is 0 Å². The van der Waals surface area contributed by atoms with Gasteiger partial charge in [0, 0.05) is 0 Å². The second kappa shape index (κ2) is 9.82. The van der Waals surface area contributed by atoms with Crippen LogP contribution in [0.4, 0.5) is 0 Å². The van der Waals surface area contributed by atoms with Crippen molar-refractivity contribution >= 4 is 26.8 Å². The van der Waals surface area contributed by atoms with Crippen molar-refractivity contribution in [2.24, 2.45) is 0 Å². The smallest absolute Gasteiger partial charge is 0.397 e. The molecule has 0 unspecified atom stereocenters. The van der Waals surface area contributed by atoms with Gasteiger partial charge in [0.05, 0.1) is 13.2 Å². The summed E-state index contributed by atoms with van der Waals surface area (Å²) < 4.78 is 84.5. The second-order valence-corrected chi connectivity index (χ2v) is 8.57. The number of carboxylic acid groups (broad SMARTS) is 1. The Balaban J connectivity index is 2.26. The first-order chi connectivity index (χ1) is 14.1. The molecule has 9 atom stereocenters. The van der Waals surface area contributed by atoms with E-state index in [0.29, 0.717) is 0 Å². The monoisotopic (exact) mass is 500 g/mol. The standard InChI is InChI=1S/C12H20O17S2/c13-1-3-8(5(14)4(26-3)2-25-30(19,20)21)27-12-10(29-31(22,23)24)7(16)6(15)9(28-12)11(17)18/h3-10,12-16H,1-2H2,(H,17,18)(H,19,20,21)(H,22,23,24)/t3-,4-,5-,6+,7+,8-,9-,10-,12-/m1/s1. The number of carboxylic acids is 1. The molecule has 2 fully saturated rings. The third kappa shape index (κ3) is 6.71. The molecule has 7 N–H and O–H groups in total. The Hall–Kier alpha value is -1.07. The van der Waals surface area contributed by atoms with E-state index >= 15 is 0 Å². The van der Waals surface area contributed by atoms with Gasteiger partial charge in [-0.3, -0.25) is 9.11 Å². The molecule has 0 radical (unpaired) electrons. The lowest BCUT2D eigenvalue weighted by atomic mass is 9.98. The molecule has 2 saturated heterocycles. The SMILES string of the molecule is O=C(O)[C@@H]1O[C@@H](O[C@H]2[C@H](O)[C@@H](COS(=O)(=O)O)O[C@@H]2CO)[C@H](OS(=O)(=O)O)[C@@H](O)[C@@H]1O. The van der Waals surface area contributed by atoms with Crippen molar-refractivity contribution < 1.29 is 78.8 Å². The van der Waals surface area contributed by atoms with Crippen molar-refractivity contribution in [3.05, 3.63) is 0 Å². The van der Waals surface area contributed by atoms with Crippen LogP contribution in [0.15, 0.2) is 0 Å².